The van der Waals surface area contributed by atoms with E-state index in [2.05, 4.69) is 0 Å². The van der Waals surface area contributed by atoms with Crippen molar-refractivity contribution in [1.82, 2.24) is 9.80 Å². The summed E-state index contributed by atoms with van der Waals surface area (Å²) < 4.78 is 0. The summed E-state index contributed by atoms with van der Waals surface area (Å²) >= 11 is 1.60. The molecule has 2 amide bonds. The molecule has 0 spiro atoms. The number of hydrogen-bond donors (Lipinski definition) is 1. The van der Waals surface area contributed by atoms with Crippen molar-refractivity contribution in [2.75, 3.05) is 24.6 Å². The number of nitrogens with zero attached hydrogens (tertiary/aromatic N) is 2. The number of likely N-dealkylation sites (tertiary alicyclic amines) is 1. The third-order valence-electron chi connectivity index (χ3n) is 3.46. The van der Waals surface area contributed by atoms with Crippen molar-refractivity contribution in [2.45, 2.75) is 31.8 Å². The van der Waals surface area contributed by atoms with E-state index in [0.717, 1.165) is 25.1 Å². The molecule has 96 valence electrons. The first kappa shape index (κ1) is 12.5. The molecular formula is C11H18N2O3S. The standard InChI is InChI=1S/C11H18N2O3S/c1-8-3-2-4-12(8)11(16)13-5-6-17-7-9(13)10(14)15/h8-9H,2-7H2,1H3,(H,14,15). The SMILES string of the molecule is CC1CCCN1C(=O)N1CCSCC1C(=O)O. The van der Waals surface area contributed by atoms with Crippen molar-refractivity contribution in [3.63, 3.8) is 0 Å². The average molecular weight is 258 g/mol. The molecule has 0 saturated carbocycles. The lowest BCUT2D eigenvalue weighted by Crippen LogP contribution is -2.55. The highest BCUT2D eigenvalue weighted by atomic mass is 32.2. The van der Waals surface area contributed by atoms with Crippen molar-refractivity contribution in [3.8, 4) is 0 Å². The molecule has 6 heteroatoms. The lowest BCUT2D eigenvalue weighted by Gasteiger charge is -2.36. The minimum atomic E-state index is -0.891. The monoisotopic (exact) mass is 258 g/mol. The topological polar surface area (TPSA) is 60.9 Å². The molecule has 0 aromatic heterocycles. The molecule has 5 nitrogen and oxygen atoms in total. The summed E-state index contributed by atoms with van der Waals surface area (Å²) in [5.41, 5.74) is 0. The van der Waals surface area contributed by atoms with Crippen LogP contribution in [-0.4, -0.2) is 63.6 Å². The Morgan fingerprint density at radius 2 is 2.06 bits per heavy atom. The zero-order valence-corrected chi connectivity index (χ0v) is 10.8. The second-order valence-corrected chi connectivity index (χ2v) is 5.74. The van der Waals surface area contributed by atoms with E-state index in [4.69, 9.17) is 5.11 Å². The van der Waals surface area contributed by atoms with Crippen molar-refractivity contribution < 1.29 is 14.7 Å². The second-order valence-electron chi connectivity index (χ2n) is 4.59. The van der Waals surface area contributed by atoms with Crippen LogP contribution in [0.15, 0.2) is 0 Å². The van der Waals surface area contributed by atoms with Gasteiger partial charge in [0.2, 0.25) is 0 Å². The fourth-order valence-corrected chi connectivity index (χ4v) is 3.46. The Kier molecular flexibility index (Phi) is 3.81. The number of urea groups is 1. The van der Waals surface area contributed by atoms with Crippen LogP contribution in [0.5, 0.6) is 0 Å². The first-order valence-electron chi connectivity index (χ1n) is 5.99. The summed E-state index contributed by atoms with van der Waals surface area (Å²) in [5, 5.41) is 9.14. The predicted molar refractivity (Wildman–Crippen MR) is 66.3 cm³/mol. The summed E-state index contributed by atoms with van der Waals surface area (Å²) in [6.45, 7) is 3.33. The number of aliphatic carboxylic acids is 1. The normalized spacial score (nSPS) is 29.5. The van der Waals surface area contributed by atoms with Crippen LogP contribution in [0, 0.1) is 0 Å². The van der Waals surface area contributed by atoms with E-state index in [1.54, 1.807) is 11.8 Å². The van der Waals surface area contributed by atoms with Crippen molar-refractivity contribution in [1.29, 1.82) is 0 Å². The number of carbonyl (C=O) groups is 2. The van der Waals surface area contributed by atoms with Crippen LogP contribution in [0.4, 0.5) is 4.79 Å². The van der Waals surface area contributed by atoms with Crippen LogP contribution in [-0.2, 0) is 4.79 Å². The summed E-state index contributed by atoms with van der Waals surface area (Å²) in [7, 11) is 0. The number of thioether (sulfide) groups is 1. The van der Waals surface area contributed by atoms with E-state index in [9.17, 15) is 9.59 Å². The quantitative estimate of drug-likeness (QED) is 0.765. The molecule has 0 bridgehead atoms. The molecule has 2 atom stereocenters. The molecule has 2 saturated heterocycles. The Morgan fingerprint density at radius 1 is 1.29 bits per heavy atom. The Morgan fingerprint density at radius 3 is 2.65 bits per heavy atom. The van der Waals surface area contributed by atoms with E-state index in [1.165, 1.54) is 4.90 Å². The van der Waals surface area contributed by atoms with Crippen molar-refractivity contribution >= 4 is 23.8 Å². The molecule has 1 N–H and O–H groups in total. The molecule has 0 aromatic carbocycles. The van der Waals surface area contributed by atoms with E-state index < -0.39 is 12.0 Å². The number of carbonyl (C=O) groups excluding carboxylic acids is 1. The maximum absolute atomic E-state index is 12.3. The third-order valence-corrected chi connectivity index (χ3v) is 4.48. The number of rotatable bonds is 1. The third kappa shape index (κ3) is 2.51. The molecule has 17 heavy (non-hydrogen) atoms. The van der Waals surface area contributed by atoms with Crippen molar-refractivity contribution in [3.05, 3.63) is 0 Å². The maximum atomic E-state index is 12.3. The van der Waals surface area contributed by atoms with Crippen LogP contribution in [0.2, 0.25) is 0 Å². The number of hydrogen-bond acceptors (Lipinski definition) is 3. The Bertz CT molecular complexity index is 324. The molecule has 2 aliphatic heterocycles. The maximum Gasteiger partial charge on any atom is 0.327 e. The second kappa shape index (κ2) is 5.16. The molecule has 2 rings (SSSR count). The van der Waals surface area contributed by atoms with E-state index in [-0.39, 0.29) is 12.1 Å². The molecule has 0 radical (unpaired) electrons. The smallest absolute Gasteiger partial charge is 0.327 e. The summed E-state index contributed by atoms with van der Waals surface area (Å²) in [5.74, 6) is 0.443. The zero-order valence-electron chi connectivity index (χ0n) is 9.96. The lowest BCUT2D eigenvalue weighted by molar-refractivity contribution is -0.141. The van der Waals surface area contributed by atoms with Gasteiger partial charge >= 0.3 is 12.0 Å². The minimum Gasteiger partial charge on any atom is -0.480 e. The zero-order chi connectivity index (χ0) is 12.4. The van der Waals surface area contributed by atoms with Gasteiger partial charge in [0.05, 0.1) is 0 Å². The average Bonchev–Trinajstić information content (AvgIpc) is 2.74. The number of amides is 2. The summed E-state index contributed by atoms with van der Waals surface area (Å²) in [4.78, 5) is 26.8. The molecule has 0 aliphatic carbocycles. The van der Waals surface area contributed by atoms with E-state index in [0.29, 0.717) is 12.3 Å². The molecule has 2 heterocycles. The fraction of sp³-hybridized carbons (Fsp3) is 0.818. The van der Waals surface area contributed by atoms with Gasteiger partial charge in [0.25, 0.3) is 0 Å². The summed E-state index contributed by atoms with van der Waals surface area (Å²) in [6, 6.07) is -0.511. The van der Waals surface area contributed by atoms with Gasteiger partial charge in [-0.25, -0.2) is 9.59 Å². The van der Waals surface area contributed by atoms with Crippen LogP contribution in [0.3, 0.4) is 0 Å². The first-order chi connectivity index (χ1) is 8.11. The van der Waals surface area contributed by atoms with Crippen LogP contribution >= 0.6 is 11.8 Å². The lowest BCUT2D eigenvalue weighted by atomic mass is 10.2. The first-order valence-corrected chi connectivity index (χ1v) is 7.14. The molecule has 2 aliphatic rings. The molecule has 2 fully saturated rings. The number of carboxylic acid groups (broad SMARTS) is 1. The van der Waals surface area contributed by atoms with Gasteiger partial charge < -0.3 is 14.9 Å². The van der Waals surface area contributed by atoms with Gasteiger partial charge in [-0.05, 0) is 19.8 Å². The minimum absolute atomic E-state index is 0.0947. The predicted octanol–water partition coefficient (Wildman–Crippen LogP) is 1.09. The Labute approximate surface area is 105 Å². The Hall–Kier alpha value is -0.910. The molecular weight excluding hydrogens is 240 g/mol. The van der Waals surface area contributed by atoms with Gasteiger partial charge in [-0.2, -0.15) is 11.8 Å². The van der Waals surface area contributed by atoms with Gasteiger partial charge in [-0.15, -0.1) is 0 Å². The molecule has 2 unspecified atom stereocenters. The highest BCUT2D eigenvalue weighted by Crippen LogP contribution is 2.23. The van der Waals surface area contributed by atoms with Crippen molar-refractivity contribution in [2.24, 2.45) is 0 Å². The van der Waals surface area contributed by atoms with E-state index >= 15 is 0 Å². The molecule has 0 aromatic rings. The van der Waals surface area contributed by atoms with E-state index in [1.807, 2.05) is 11.8 Å². The van der Waals surface area contributed by atoms with Crippen LogP contribution < -0.4 is 0 Å². The highest BCUT2D eigenvalue weighted by molar-refractivity contribution is 7.99. The fourth-order valence-electron chi connectivity index (χ4n) is 2.42. The highest BCUT2D eigenvalue weighted by Gasteiger charge is 2.37. The van der Waals surface area contributed by atoms with Crippen LogP contribution in [0.1, 0.15) is 19.8 Å². The summed E-state index contributed by atoms with van der Waals surface area (Å²) in [6.07, 6.45) is 2.04. The van der Waals surface area contributed by atoms with Gasteiger partial charge in [-0.1, -0.05) is 0 Å². The number of carboxylic acids is 1. The van der Waals surface area contributed by atoms with Gasteiger partial charge in [0.1, 0.15) is 6.04 Å². The van der Waals surface area contributed by atoms with Gasteiger partial charge in [0.15, 0.2) is 0 Å². The van der Waals surface area contributed by atoms with Crippen LogP contribution in [0.25, 0.3) is 0 Å². The largest absolute Gasteiger partial charge is 0.480 e. The van der Waals surface area contributed by atoms with Gasteiger partial charge in [-0.3, -0.25) is 0 Å². The Balaban J connectivity index is 2.08. The van der Waals surface area contributed by atoms with Gasteiger partial charge in [0, 0.05) is 30.6 Å².